The molecule has 94 valence electrons. The number of aliphatic hydroxyl groups excluding tert-OH is 2. The minimum Gasteiger partial charge on any atom is -0.394 e. The summed E-state index contributed by atoms with van der Waals surface area (Å²) in [4.78, 5) is 14.9. The number of aliphatic hydroxyl groups is 2. The van der Waals surface area contributed by atoms with Crippen LogP contribution in [0.1, 0.15) is 6.23 Å². The SMILES string of the molecule is [15NH2]c1ccn([C@@H]2O[C@H](CO)[C@@H](O)[C@H]2F)c(=O)[15n]1. The third-order valence-corrected chi connectivity index (χ3v) is 2.60. The average molecular weight is 247 g/mol. The maximum Gasteiger partial charge on any atom is 0.351 e. The fourth-order valence-corrected chi connectivity index (χ4v) is 1.70. The standard InChI is InChI=1S/C9H12FN3O4/c10-6-7(15)4(3-14)17-8(6)13-2-1-5(11)12-9(13)16/h1-2,4,6-8,14-15H,3H2,(H2,11,12,16)/t4-,6-,7-,8-/m1/s1/i11+1,12+1. The molecule has 1 fully saturated rings. The summed E-state index contributed by atoms with van der Waals surface area (Å²) in [6.45, 7) is -0.533. The number of anilines is 1. The van der Waals surface area contributed by atoms with E-state index < -0.39 is 36.9 Å². The zero-order chi connectivity index (χ0) is 12.6. The van der Waals surface area contributed by atoms with E-state index in [1.54, 1.807) is 0 Å². The molecular weight excluding hydrogens is 235 g/mol. The van der Waals surface area contributed by atoms with Gasteiger partial charge in [-0.3, -0.25) is 4.57 Å². The second-order valence-electron chi connectivity index (χ2n) is 3.72. The normalized spacial score (nSPS) is 32.9. The molecule has 0 aliphatic carbocycles. The van der Waals surface area contributed by atoms with E-state index in [-0.39, 0.29) is 5.82 Å². The van der Waals surface area contributed by atoms with Crippen LogP contribution in [0.2, 0.25) is 0 Å². The summed E-state index contributed by atoms with van der Waals surface area (Å²) in [5.74, 6) is 0.0129. The number of nitrogen functional groups attached to an aromatic ring is 1. The highest BCUT2D eigenvalue weighted by Crippen LogP contribution is 2.30. The molecule has 0 unspecified atom stereocenters. The van der Waals surface area contributed by atoms with Crippen molar-refractivity contribution in [1.82, 2.24) is 9.55 Å². The summed E-state index contributed by atoms with van der Waals surface area (Å²) in [7, 11) is 0. The van der Waals surface area contributed by atoms with Crippen LogP contribution in [0.3, 0.4) is 0 Å². The zero-order valence-corrected chi connectivity index (χ0v) is 8.73. The molecule has 4 atom stereocenters. The molecule has 8 heteroatoms. The third-order valence-electron chi connectivity index (χ3n) is 2.60. The number of nitrogens with zero attached hydrogens (tertiary/aromatic N) is 2. The number of ether oxygens (including phenoxy) is 1. The van der Waals surface area contributed by atoms with E-state index in [9.17, 15) is 14.3 Å². The molecule has 0 saturated carbocycles. The molecule has 7 nitrogen and oxygen atoms in total. The van der Waals surface area contributed by atoms with Crippen molar-refractivity contribution in [2.45, 2.75) is 24.6 Å². The van der Waals surface area contributed by atoms with E-state index in [1.165, 1.54) is 12.3 Å². The molecule has 0 aromatic carbocycles. The molecule has 17 heavy (non-hydrogen) atoms. The van der Waals surface area contributed by atoms with Crippen LogP contribution in [0, 0.1) is 0 Å². The highest BCUT2D eigenvalue weighted by molar-refractivity contribution is 5.23. The lowest BCUT2D eigenvalue weighted by atomic mass is 10.1. The largest absolute Gasteiger partial charge is 0.394 e. The quantitative estimate of drug-likeness (QED) is 0.544. The Labute approximate surface area is 95.3 Å². The van der Waals surface area contributed by atoms with Crippen molar-refractivity contribution in [1.29, 1.82) is 0 Å². The predicted octanol–water partition coefficient (Wildman–Crippen LogP) is -1.59. The van der Waals surface area contributed by atoms with Crippen molar-refractivity contribution in [3.05, 3.63) is 22.7 Å². The molecule has 0 radical (unpaired) electrons. The van der Waals surface area contributed by atoms with E-state index in [4.69, 9.17) is 15.6 Å². The molecule has 4 N–H and O–H groups in total. The van der Waals surface area contributed by atoms with Gasteiger partial charge >= 0.3 is 5.69 Å². The molecule has 2 rings (SSSR count). The maximum atomic E-state index is 13.7. The Morgan fingerprint density at radius 3 is 2.88 bits per heavy atom. The predicted molar refractivity (Wildman–Crippen MR) is 54.8 cm³/mol. The van der Waals surface area contributed by atoms with Crippen LogP contribution in [0.15, 0.2) is 17.1 Å². The van der Waals surface area contributed by atoms with E-state index >= 15 is 0 Å². The molecule has 0 bridgehead atoms. The maximum absolute atomic E-state index is 13.7. The van der Waals surface area contributed by atoms with Gasteiger partial charge in [-0.2, -0.15) is 4.98 Å². The van der Waals surface area contributed by atoms with E-state index in [0.29, 0.717) is 0 Å². The first-order valence-corrected chi connectivity index (χ1v) is 4.97. The Morgan fingerprint density at radius 1 is 1.65 bits per heavy atom. The smallest absolute Gasteiger partial charge is 0.351 e. The Kier molecular flexibility index (Phi) is 3.09. The minimum atomic E-state index is -1.81. The second-order valence-corrected chi connectivity index (χ2v) is 3.72. The number of hydrogen-bond donors (Lipinski definition) is 3. The molecule has 1 aromatic rings. The Balaban J connectivity index is 2.32. The Hall–Kier alpha value is -1.51. The van der Waals surface area contributed by atoms with Gasteiger partial charge in [0.25, 0.3) is 0 Å². The molecular formula is C9H12FN3O4. The van der Waals surface area contributed by atoms with Crippen molar-refractivity contribution in [2.24, 2.45) is 0 Å². The van der Waals surface area contributed by atoms with E-state index in [0.717, 1.165) is 4.57 Å². The van der Waals surface area contributed by atoms with Gasteiger partial charge in [0.2, 0.25) is 0 Å². The Morgan fingerprint density at radius 2 is 2.35 bits per heavy atom. The van der Waals surface area contributed by atoms with Gasteiger partial charge in [-0.05, 0) is 6.07 Å². The van der Waals surface area contributed by atoms with Gasteiger partial charge in [0.15, 0.2) is 12.4 Å². The Bertz CT molecular complexity index is 466. The van der Waals surface area contributed by atoms with Gasteiger partial charge < -0.3 is 20.7 Å². The minimum absolute atomic E-state index is 0.0129. The highest BCUT2D eigenvalue weighted by Gasteiger charge is 2.45. The number of rotatable bonds is 2. The number of alkyl halides is 1. The third kappa shape index (κ3) is 2.02. The molecule has 1 aromatic heterocycles. The molecule has 0 spiro atoms. The molecule has 1 aliphatic heterocycles. The number of nitrogens with two attached hydrogens (primary N) is 1. The second kappa shape index (κ2) is 4.40. The van der Waals surface area contributed by atoms with E-state index in [1.807, 2.05) is 0 Å². The topological polar surface area (TPSA) is 111 Å². The summed E-state index contributed by atoms with van der Waals surface area (Å²) < 4.78 is 19.6. The monoisotopic (exact) mass is 247 g/mol. The summed E-state index contributed by atoms with van der Waals surface area (Å²) >= 11 is 0. The first kappa shape index (κ1) is 12.0. The summed E-state index contributed by atoms with van der Waals surface area (Å²) in [6, 6.07) is 1.32. The molecule has 1 saturated heterocycles. The van der Waals surface area contributed by atoms with Crippen LogP contribution >= 0.6 is 0 Å². The van der Waals surface area contributed by atoms with Crippen molar-refractivity contribution in [3.8, 4) is 0 Å². The summed E-state index contributed by atoms with van der Waals surface area (Å²) in [6.07, 6.45) is -4.42. The van der Waals surface area contributed by atoms with Gasteiger partial charge in [-0.1, -0.05) is 0 Å². The fraction of sp³-hybridized carbons (Fsp3) is 0.556. The fourth-order valence-electron chi connectivity index (χ4n) is 1.70. The van der Waals surface area contributed by atoms with Crippen LogP contribution in [0.5, 0.6) is 0 Å². The lowest BCUT2D eigenvalue weighted by Gasteiger charge is -2.15. The number of hydrogen-bond acceptors (Lipinski definition) is 6. The first-order valence-electron chi connectivity index (χ1n) is 4.97. The van der Waals surface area contributed by atoms with Crippen molar-refractivity contribution < 1.29 is 19.3 Å². The molecule has 1 aliphatic rings. The van der Waals surface area contributed by atoms with Gasteiger partial charge in [-0.15, -0.1) is 0 Å². The van der Waals surface area contributed by atoms with E-state index in [2.05, 4.69) is 4.98 Å². The molecule has 0 amide bonds. The first-order chi connectivity index (χ1) is 8.04. The summed E-state index contributed by atoms with van der Waals surface area (Å²) in [5.41, 5.74) is 4.52. The van der Waals surface area contributed by atoms with Crippen LogP contribution in [-0.4, -0.2) is 44.8 Å². The van der Waals surface area contributed by atoms with Crippen molar-refractivity contribution in [2.75, 3.05) is 12.3 Å². The van der Waals surface area contributed by atoms with Gasteiger partial charge in [0, 0.05) is 6.20 Å². The number of aromatic nitrogens is 2. The summed E-state index contributed by atoms with van der Waals surface area (Å²) in [5, 5.41) is 18.3. The number of halogens is 1. The lowest BCUT2D eigenvalue weighted by Crippen LogP contribution is -2.33. The van der Waals surface area contributed by atoms with Crippen LogP contribution in [0.25, 0.3) is 0 Å². The van der Waals surface area contributed by atoms with Gasteiger partial charge in [0.1, 0.15) is 18.0 Å². The van der Waals surface area contributed by atoms with Gasteiger partial charge in [0.05, 0.1) is 6.61 Å². The van der Waals surface area contributed by atoms with Crippen LogP contribution < -0.4 is 11.4 Å². The van der Waals surface area contributed by atoms with Crippen LogP contribution in [-0.2, 0) is 4.74 Å². The zero-order valence-electron chi connectivity index (χ0n) is 8.73. The van der Waals surface area contributed by atoms with Crippen LogP contribution in [0.4, 0.5) is 10.2 Å². The van der Waals surface area contributed by atoms with Crippen molar-refractivity contribution >= 4 is 5.82 Å². The van der Waals surface area contributed by atoms with Crippen molar-refractivity contribution in [3.63, 3.8) is 0 Å². The highest BCUT2D eigenvalue weighted by atomic mass is 19.1. The van der Waals surface area contributed by atoms with Gasteiger partial charge in [-0.25, -0.2) is 9.18 Å². The average Bonchev–Trinajstić information content (AvgIpc) is 2.57. The lowest BCUT2D eigenvalue weighted by molar-refractivity contribution is -0.0490. The molecule has 2 heterocycles.